The van der Waals surface area contributed by atoms with Crippen LogP contribution in [-0.4, -0.2) is 93.8 Å². The van der Waals surface area contributed by atoms with Crippen LogP contribution in [0, 0.1) is 0 Å². The Hall–Kier alpha value is -2.98. The molecule has 6 N–H and O–H groups in total. The molecular formula is C20H23N7O6S2. The Labute approximate surface area is 207 Å². The van der Waals surface area contributed by atoms with Gasteiger partial charge in [0.25, 0.3) is 5.91 Å². The van der Waals surface area contributed by atoms with Crippen LogP contribution in [0.1, 0.15) is 11.6 Å². The number of β-lactam (4-membered cyclic amide) rings is 1. The van der Waals surface area contributed by atoms with E-state index in [4.69, 9.17) is 10.8 Å². The number of nitrogens with zero attached hydrogens (tertiary/aromatic N) is 5. The minimum atomic E-state index is -1.25. The van der Waals surface area contributed by atoms with Gasteiger partial charge in [-0.1, -0.05) is 42.1 Å². The normalized spacial score (nSPS) is 21.2. The molecular weight excluding hydrogens is 498 g/mol. The average molecular weight is 522 g/mol. The maximum atomic E-state index is 12.9. The Morgan fingerprint density at radius 2 is 2.06 bits per heavy atom. The lowest BCUT2D eigenvalue weighted by atomic mass is 10.0. The number of nitrogens with two attached hydrogens (primary N) is 1. The van der Waals surface area contributed by atoms with Gasteiger partial charge in [0.1, 0.15) is 23.2 Å². The van der Waals surface area contributed by atoms with Crippen molar-refractivity contribution < 1.29 is 29.7 Å². The molecule has 2 aliphatic rings. The molecule has 2 aliphatic heterocycles. The third-order valence-corrected chi connectivity index (χ3v) is 7.84. The fourth-order valence-electron chi connectivity index (χ4n) is 3.67. The van der Waals surface area contributed by atoms with Crippen molar-refractivity contribution in [2.24, 2.45) is 5.73 Å². The van der Waals surface area contributed by atoms with E-state index < -0.39 is 48.0 Å². The minimum absolute atomic E-state index is 0.0232. The Bertz CT molecular complexity index is 1140. The lowest BCUT2D eigenvalue weighted by Gasteiger charge is -2.49. The van der Waals surface area contributed by atoms with Crippen LogP contribution < -0.4 is 11.1 Å². The van der Waals surface area contributed by atoms with Crippen LogP contribution in [0.2, 0.25) is 0 Å². The van der Waals surface area contributed by atoms with E-state index in [2.05, 4.69) is 20.8 Å². The molecule has 2 amide bonds. The highest BCUT2D eigenvalue weighted by Gasteiger charge is 2.54. The first kappa shape index (κ1) is 25.1. The van der Waals surface area contributed by atoms with Crippen molar-refractivity contribution in [2.75, 3.05) is 18.1 Å². The summed E-state index contributed by atoms with van der Waals surface area (Å²) in [6, 6.07) is 6.91. The summed E-state index contributed by atoms with van der Waals surface area (Å²) in [4.78, 5) is 38.7. The number of carboxylic acid groups (broad SMARTS) is 1. The number of amides is 2. The molecule has 35 heavy (non-hydrogen) atoms. The first-order valence-electron chi connectivity index (χ1n) is 10.5. The Morgan fingerprint density at radius 1 is 1.31 bits per heavy atom. The number of tetrazole rings is 1. The fourth-order valence-corrected chi connectivity index (χ4v) is 6.04. The zero-order chi connectivity index (χ0) is 25.1. The van der Waals surface area contributed by atoms with Gasteiger partial charge in [-0.25, -0.2) is 9.48 Å². The van der Waals surface area contributed by atoms with E-state index in [1.165, 1.54) is 21.3 Å². The number of fused-ring (bicyclic) bond motifs is 1. The van der Waals surface area contributed by atoms with Crippen molar-refractivity contribution in [3.63, 3.8) is 0 Å². The summed E-state index contributed by atoms with van der Waals surface area (Å²) >= 11 is 2.49. The molecule has 0 aliphatic carbocycles. The predicted octanol–water partition coefficient (Wildman–Crippen LogP) is -1.44. The van der Waals surface area contributed by atoms with Gasteiger partial charge in [0.15, 0.2) is 0 Å². The Kier molecular flexibility index (Phi) is 7.71. The van der Waals surface area contributed by atoms with E-state index in [-0.39, 0.29) is 18.0 Å². The molecule has 3 unspecified atom stereocenters. The SMILES string of the molecule is NC(C(=O)NC1C(=O)N2C(C(=O)O)=C(CSc3nnnn3CC(O)CO)CS[C@H]12)c1ccccc1. The van der Waals surface area contributed by atoms with Gasteiger partial charge in [-0.2, -0.15) is 0 Å². The number of carbonyl (C=O) groups is 3. The number of aliphatic hydroxyl groups is 2. The highest BCUT2D eigenvalue weighted by atomic mass is 32.2. The molecule has 1 fully saturated rings. The molecule has 1 saturated heterocycles. The third kappa shape index (κ3) is 5.18. The average Bonchev–Trinajstić information content (AvgIpc) is 3.31. The summed E-state index contributed by atoms with van der Waals surface area (Å²) in [5.41, 5.74) is 6.99. The van der Waals surface area contributed by atoms with Crippen LogP contribution in [0.15, 0.2) is 46.8 Å². The van der Waals surface area contributed by atoms with Crippen molar-refractivity contribution in [3.05, 3.63) is 47.2 Å². The fraction of sp³-hybridized carbons (Fsp3) is 0.400. The van der Waals surface area contributed by atoms with Crippen LogP contribution in [0.4, 0.5) is 0 Å². The second-order valence-corrected chi connectivity index (χ2v) is 9.86. The highest BCUT2D eigenvalue weighted by Crippen LogP contribution is 2.41. The van der Waals surface area contributed by atoms with Gasteiger partial charge in [-0.05, 0) is 21.6 Å². The van der Waals surface area contributed by atoms with E-state index >= 15 is 0 Å². The maximum Gasteiger partial charge on any atom is 0.352 e. The molecule has 2 aromatic rings. The number of aromatic nitrogens is 4. The number of aliphatic carboxylic acids is 1. The van der Waals surface area contributed by atoms with E-state index in [1.807, 2.05) is 0 Å². The Balaban J connectivity index is 1.44. The molecule has 0 radical (unpaired) electrons. The zero-order valence-corrected chi connectivity index (χ0v) is 19.9. The quantitative estimate of drug-likeness (QED) is 0.181. The number of hydrogen-bond donors (Lipinski definition) is 5. The van der Waals surface area contributed by atoms with Crippen molar-refractivity contribution in [1.82, 2.24) is 30.4 Å². The highest BCUT2D eigenvalue weighted by molar-refractivity contribution is 8.01. The number of thioether (sulfide) groups is 2. The molecule has 0 saturated carbocycles. The standard InChI is InChI=1S/C20H23N7O6S2/c21-13(10-4-2-1-3-5-10)16(30)22-14-17(31)27-15(19(32)33)11(8-34-18(14)27)9-35-20-23-24-25-26(20)6-12(29)7-28/h1-5,12-14,18,28-29H,6-9,21H2,(H,22,30)(H,32,33)/t12?,13?,14?,18-/m1/s1. The first-order valence-corrected chi connectivity index (χ1v) is 12.5. The molecule has 4 rings (SSSR count). The number of aliphatic hydroxyl groups excluding tert-OH is 2. The summed E-state index contributed by atoms with van der Waals surface area (Å²) in [6.45, 7) is -0.480. The van der Waals surface area contributed by atoms with Gasteiger partial charge < -0.3 is 26.4 Å². The van der Waals surface area contributed by atoms with Gasteiger partial charge in [-0.3, -0.25) is 14.5 Å². The number of rotatable bonds is 10. The summed E-state index contributed by atoms with van der Waals surface area (Å²) in [5.74, 6) is -1.78. The summed E-state index contributed by atoms with van der Waals surface area (Å²) in [5, 5.41) is 42.1. The van der Waals surface area contributed by atoms with E-state index in [0.29, 0.717) is 22.0 Å². The smallest absolute Gasteiger partial charge is 0.352 e. The molecule has 15 heteroatoms. The molecule has 1 aromatic carbocycles. The van der Waals surface area contributed by atoms with Crippen molar-refractivity contribution in [2.45, 2.75) is 35.3 Å². The number of nitrogens with one attached hydrogen (secondary N) is 1. The second-order valence-electron chi connectivity index (χ2n) is 7.81. The summed E-state index contributed by atoms with van der Waals surface area (Å²) in [7, 11) is 0. The van der Waals surface area contributed by atoms with Gasteiger partial charge in [-0.15, -0.1) is 16.9 Å². The van der Waals surface area contributed by atoms with E-state index in [0.717, 1.165) is 11.8 Å². The van der Waals surface area contributed by atoms with E-state index in [9.17, 15) is 24.6 Å². The van der Waals surface area contributed by atoms with Crippen molar-refractivity contribution in [3.8, 4) is 0 Å². The van der Waals surface area contributed by atoms with Crippen LogP contribution in [0.5, 0.6) is 0 Å². The number of benzene rings is 1. The number of carbonyl (C=O) groups excluding carboxylic acids is 2. The number of hydrogen-bond acceptors (Lipinski definition) is 11. The maximum absolute atomic E-state index is 12.9. The van der Waals surface area contributed by atoms with Crippen LogP contribution in [0.25, 0.3) is 0 Å². The van der Waals surface area contributed by atoms with E-state index in [1.54, 1.807) is 30.3 Å². The van der Waals surface area contributed by atoms with Gasteiger partial charge in [0, 0.05) is 11.5 Å². The second kappa shape index (κ2) is 10.7. The van der Waals surface area contributed by atoms with Gasteiger partial charge in [0.2, 0.25) is 11.1 Å². The number of carboxylic acids is 1. The molecule has 3 heterocycles. The minimum Gasteiger partial charge on any atom is -0.477 e. The first-order chi connectivity index (χ1) is 16.8. The largest absolute Gasteiger partial charge is 0.477 e. The van der Waals surface area contributed by atoms with Crippen LogP contribution in [0.3, 0.4) is 0 Å². The molecule has 1 aromatic heterocycles. The monoisotopic (exact) mass is 521 g/mol. The Morgan fingerprint density at radius 3 is 2.74 bits per heavy atom. The molecule has 0 bridgehead atoms. The van der Waals surface area contributed by atoms with Gasteiger partial charge >= 0.3 is 5.97 Å². The molecule has 0 spiro atoms. The molecule has 13 nitrogen and oxygen atoms in total. The van der Waals surface area contributed by atoms with Crippen LogP contribution in [-0.2, 0) is 20.9 Å². The topological polar surface area (TPSA) is 197 Å². The van der Waals surface area contributed by atoms with Crippen molar-refractivity contribution >= 4 is 41.3 Å². The third-order valence-electron chi connectivity index (χ3n) is 5.46. The summed E-state index contributed by atoms with van der Waals surface area (Å²) in [6.07, 6.45) is -1.04. The lowest BCUT2D eigenvalue weighted by Crippen LogP contribution is -2.71. The molecule has 4 atom stereocenters. The summed E-state index contributed by atoms with van der Waals surface area (Å²) < 4.78 is 1.31. The van der Waals surface area contributed by atoms with Gasteiger partial charge in [0.05, 0.1) is 19.3 Å². The van der Waals surface area contributed by atoms with Crippen molar-refractivity contribution in [1.29, 1.82) is 0 Å². The lowest BCUT2D eigenvalue weighted by molar-refractivity contribution is -0.150. The zero-order valence-electron chi connectivity index (χ0n) is 18.2. The van der Waals surface area contributed by atoms with Crippen LogP contribution >= 0.6 is 23.5 Å². The molecule has 186 valence electrons. The predicted molar refractivity (Wildman–Crippen MR) is 125 cm³/mol.